The number of rotatable bonds is 6. The first-order chi connectivity index (χ1) is 14.2. The van der Waals surface area contributed by atoms with Crippen LogP contribution in [0.4, 0.5) is 18.9 Å². The highest BCUT2D eigenvalue weighted by Crippen LogP contribution is 2.24. The zero-order valence-corrected chi connectivity index (χ0v) is 15.5. The topological polar surface area (TPSA) is 98.1 Å². The van der Waals surface area contributed by atoms with E-state index in [1.165, 1.54) is 29.4 Å². The predicted molar refractivity (Wildman–Crippen MR) is 95.5 cm³/mol. The van der Waals surface area contributed by atoms with Crippen LogP contribution in [0.5, 0.6) is 5.75 Å². The molecule has 11 heteroatoms. The van der Waals surface area contributed by atoms with Crippen molar-refractivity contribution < 1.29 is 41.4 Å². The van der Waals surface area contributed by atoms with E-state index in [9.17, 15) is 27.6 Å². The van der Waals surface area contributed by atoms with Crippen LogP contribution in [-0.2, 0) is 14.3 Å². The average Bonchev–Trinajstić information content (AvgIpc) is 3.38. The van der Waals surface area contributed by atoms with Crippen molar-refractivity contribution in [3.05, 3.63) is 48.4 Å². The summed E-state index contributed by atoms with van der Waals surface area (Å²) >= 11 is 0. The van der Waals surface area contributed by atoms with Gasteiger partial charge < -0.3 is 24.1 Å². The van der Waals surface area contributed by atoms with E-state index in [0.717, 1.165) is 12.1 Å². The second-order valence-electron chi connectivity index (χ2n) is 6.36. The van der Waals surface area contributed by atoms with Gasteiger partial charge in [0.25, 0.3) is 11.8 Å². The molecule has 1 N–H and O–H groups in total. The molecular formula is C19H17F3N2O6. The van der Waals surface area contributed by atoms with Crippen molar-refractivity contribution in [1.29, 1.82) is 0 Å². The monoisotopic (exact) mass is 426 g/mol. The van der Waals surface area contributed by atoms with Crippen molar-refractivity contribution >= 4 is 23.5 Å². The molecule has 3 rings (SSSR count). The maximum Gasteiger partial charge on any atom is 0.573 e. The minimum absolute atomic E-state index is 0.102. The molecule has 1 atom stereocenters. The summed E-state index contributed by atoms with van der Waals surface area (Å²) in [4.78, 5) is 38.0. The number of furan rings is 1. The van der Waals surface area contributed by atoms with Crippen LogP contribution in [0.25, 0.3) is 0 Å². The molecule has 0 spiro atoms. The number of benzene rings is 1. The Bertz CT molecular complexity index is 896. The molecule has 1 aliphatic rings. The fraction of sp³-hybridized carbons (Fsp3) is 0.316. The zero-order valence-electron chi connectivity index (χ0n) is 15.5. The Hall–Kier alpha value is -3.50. The number of anilines is 1. The number of likely N-dealkylation sites (tertiary alicyclic amines) is 1. The van der Waals surface area contributed by atoms with Gasteiger partial charge in [0.05, 0.1) is 6.26 Å². The third kappa shape index (κ3) is 5.52. The van der Waals surface area contributed by atoms with Crippen LogP contribution < -0.4 is 10.1 Å². The maximum atomic E-state index is 12.4. The van der Waals surface area contributed by atoms with Crippen LogP contribution >= 0.6 is 0 Å². The number of hydrogen-bond donors (Lipinski definition) is 1. The summed E-state index contributed by atoms with van der Waals surface area (Å²) in [5.41, 5.74) is 0.195. The van der Waals surface area contributed by atoms with Crippen molar-refractivity contribution in [2.75, 3.05) is 18.5 Å². The van der Waals surface area contributed by atoms with E-state index >= 15 is 0 Å². The van der Waals surface area contributed by atoms with Crippen molar-refractivity contribution in [2.45, 2.75) is 25.2 Å². The Balaban J connectivity index is 1.49. The van der Waals surface area contributed by atoms with Gasteiger partial charge in [0.2, 0.25) is 0 Å². The average molecular weight is 426 g/mol. The van der Waals surface area contributed by atoms with E-state index in [0.29, 0.717) is 19.4 Å². The van der Waals surface area contributed by atoms with Crippen LogP contribution in [0.3, 0.4) is 0 Å². The van der Waals surface area contributed by atoms with Crippen LogP contribution in [0.2, 0.25) is 0 Å². The number of hydrogen-bond acceptors (Lipinski definition) is 6. The molecule has 0 bridgehead atoms. The molecular weight excluding hydrogens is 409 g/mol. The van der Waals surface area contributed by atoms with Gasteiger partial charge in [-0.3, -0.25) is 9.59 Å². The quantitative estimate of drug-likeness (QED) is 0.714. The highest BCUT2D eigenvalue weighted by molar-refractivity contribution is 5.96. The smallest absolute Gasteiger partial charge is 0.459 e. The van der Waals surface area contributed by atoms with E-state index in [1.807, 2.05) is 0 Å². The number of ether oxygens (including phenoxy) is 2. The fourth-order valence-corrected chi connectivity index (χ4v) is 2.97. The minimum Gasteiger partial charge on any atom is -0.459 e. The number of esters is 1. The number of nitrogens with one attached hydrogen (secondary N) is 1. The molecule has 1 unspecified atom stereocenters. The number of carbonyl (C=O) groups excluding carboxylic acids is 3. The molecule has 1 aromatic carbocycles. The molecule has 2 amide bonds. The summed E-state index contributed by atoms with van der Waals surface area (Å²) in [7, 11) is 0. The Morgan fingerprint density at radius 3 is 2.53 bits per heavy atom. The lowest BCUT2D eigenvalue weighted by atomic mass is 10.2. The molecule has 1 aliphatic heterocycles. The van der Waals surface area contributed by atoms with E-state index in [4.69, 9.17) is 9.15 Å². The molecule has 160 valence electrons. The summed E-state index contributed by atoms with van der Waals surface area (Å²) in [6.07, 6.45) is -2.47. The third-order valence-electron chi connectivity index (χ3n) is 4.23. The molecule has 0 radical (unpaired) electrons. The molecule has 1 fully saturated rings. The van der Waals surface area contributed by atoms with Gasteiger partial charge in [0, 0.05) is 12.2 Å². The van der Waals surface area contributed by atoms with Gasteiger partial charge in [-0.1, -0.05) is 0 Å². The maximum absolute atomic E-state index is 12.4. The summed E-state index contributed by atoms with van der Waals surface area (Å²) in [5, 5.41) is 2.39. The highest BCUT2D eigenvalue weighted by Gasteiger charge is 2.37. The molecule has 0 aliphatic carbocycles. The van der Waals surface area contributed by atoms with Gasteiger partial charge in [-0.05, 0) is 49.2 Å². The van der Waals surface area contributed by atoms with Gasteiger partial charge >= 0.3 is 12.3 Å². The van der Waals surface area contributed by atoms with Crippen LogP contribution in [-0.4, -0.2) is 48.2 Å². The first-order valence-electron chi connectivity index (χ1n) is 8.90. The summed E-state index contributed by atoms with van der Waals surface area (Å²) in [5.74, 6) is -2.18. The molecule has 1 aromatic heterocycles. The van der Waals surface area contributed by atoms with Gasteiger partial charge in [-0.15, -0.1) is 13.2 Å². The Morgan fingerprint density at radius 2 is 1.90 bits per heavy atom. The Morgan fingerprint density at radius 1 is 1.17 bits per heavy atom. The van der Waals surface area contributed by atoms with Gasteiger partial charge in [-0.2, -0.15) is 0 Å². The third-order valence-corrected chi connectivity index (χ3v) is 4.23. The first kappa shape index (κ1) is 21.2. The van der Waals surface area contributed by atoms with Crippen LogP contribution in [0.15, 0.2) is 47.1 Å². The van der Waals surface area contributed by atoms with Crippen LogP contribution in [0.1, 0.15) is 23.4 Å². The number of nitrogens with zero attached hydrogens (tertiary/aromatic N) is 1. The van der Waals surface area contributed by atoms with Gasteiger partial charge in [0.15, 0.2) is 12.4 Å². The van der Waals surface area contributed by atoms with Crippen molar-refractivity contribution in [3.63, 3.8) is 0 Å². The summed E-state index contributed by atoms with van der Waals surface area (Å²) < 4.78 is 50.2. The van der Waals surface area contributed by atoms with Crippen molar-refractivity contribution in [2.24, 2.45) is 0 Å². The van der Waals surface area contributed by atoms with Gasteiger partial charge in [-0.25, -0.2) is 4.79 Å². The second kappa shape index (κ2) is 8.89. The molecule has 30 heavy (non-hydrogen) atoms. The molecule has 1 saturated heterocycles. The largest absolute Gasteiger partial charge is 0.573 e. The summed E-state index contributed by atoms with van der Waals surface area (Å²) in [6.45, 7) is -0.253. The number of halogens is 3. The predicted octanol–water partition coefficient (Wildman–Crippen LogP) is 2.96. The van der Waals surface area contributed by atoms with Gasteiger partial charge in [0.1, 0.15) is 11.8 Å². The lowest BCUT2D eigenvalue weighted by Gasteiger charge is -2.22. The zero-order chi connectivity index (χ0) is 21.7. The number of alkyl halides is 3. The normalized spacial score (nSPS) is 16.2. The minimum atomic E-state index is -4.81. The fourth-order valence-electron chi connectivity index (χ4n) is 2.97. The highest BCUT2D eigenvalue weighted by atomic mass is 19.4. The standard InChI is InChI=1S/C19H17F3N2O6/c20-19(21,22)30-13-7-5-12(6-8-13)23-16(25)11-29-18(27)14-3-1-9-24(14)17(26)15-4-2-10-28-15/h2,4-8,10,14H,1,3,9,11H2,(H,23,25). The number of amides is 2. The molecule has 2 aromatic rings. The molecule has 2 heterocycles. The molecule has 8 nitrogen and oxygen atoms in total. The van der Waals surface area contributed by atoms with E-state index in [-0.39, 0.29) is 11.4 Å². The van der Waals surface area contributed by atoms with E-state index in [1.54, 1.807) is 6.07 Å². The van der Waals surface area contributed by atoms with Crippen LogP contribution in [0, 0.1) is 0 Å². The van der Waals surface area contributed by atoms with Crippen molar-refractivity contribution in [3.8, 4) is 5.75 Å². The summed E-state index contributed by atoms with van der Waals surface area (Å²) in [6, 6.07) is 6.71. The van der Waals surface area contributed by atoms with Crippen molar-refractivity contribution in [1.82, 2.24) is 4.90 Å². The lowest BCUT2D eigenvalue weighted by molar-refractivity contribution is -0.274. The van der Waals surface area contributed by atoms with E-state index < -0.39 is 42.5 Å². The Kier molecular flexibility index (Phi) is 6.28. The number of carbonyl (C=O) groups is 3. The molecule has 0 saturated carbocycles. The first-order valence-corrected chi connectivity index (χ1v) is 8.90. The Labute approximate surface area is 168 Å². The second-order valence-corrected chi connectivity index (χ2v) is 6.36. The van der Waals surface area contributed by atoms with E-state index in [2.05, 4.69) is 10.1 Å². The SMILES string of the molecule is O=C(COC(=O)C1CCCN1C(=O)c1ccco1)Nc1ccc(OC(F)(F)F)cc1. The lowest BCUT2D eigenvalue weighted by Crippen LogP contribution is -2.42.